The molecule has 0 saturated heterocycles. The second kappa shape index (κ2) is 8.34. The van der Waals surface area contributed by atoms with E-state index in [2.05, 4.69) is 20.2 Å². The molecule has 0 spiro atoms. The fraction of sp³-hybridized carbons (Fsp3) is 0.318. The maximum absolute atomic E-state index is 13.4. The molecule has 1 aliphatic carbocycles. The maximum Gasteiger partial charge on any atom is 0.261 e. The number of carbonyl (C=O) groups excluding carboxylic acids is 1. The predicted octanol–water partition coefficient (Wildman–Crippen LogP) is 3.83. The molecule has 2 aromatic carbocycles. The molecule has 1 aromatic heterocycles. The highest BCUT2D eigenvalue weighted by atomic mass is 32.2. The van der Waals surface area contributed by atoms with E-state index in [9.17, 15) is 17.6 Å². The fourth-order valence-electron chi connectivity index (χ4n) is 3.85. The number of amides is 1. The molecule has 1 aliphatic rings. The van der Waals surface area contributed by atoms with Crippen LogP contribution in [0.2, 0.25) is 0 Å². The average Bonchev–Trinajstić information content (AvgIpc) is 3.40. The summed E-state index contributed by atoms with van der Waals surface area (Å²) in [5, 5.41) is 7.06. The summed E-state index contributed by atoms with van der Waals surface area (Å²) in [6.45, 7) is 3.20. The van der Waals surface area contributed by atoms with Gasteiger partial charge in [0.15, 0.2) is 5.82 Å². The smallest absolute Gasteiger partial charge is 0.261 e. The van der Waals surface area contributed by atoms with Gasteiger partial charge < -0.3 is 9.84 Å². The highest BCUT2D eigenvalue weighted by molar-refractivity contribution is 7.92. The summed E-state index contributed by atoms with van der Waals surface area (Å²) in [7, 11) is -3.89. The lowest BCUT2D eigenvalue weighted by molar-refractivity contribution is 0.0892. The normalized spacial score (nSPS) is 15.5. The van der Waals surface area contributed by atoms with Crippen molar-refractivity contribution in [3.63, 3.8) is 0 Å². The molecule has 0 radical (unpaired) electrons. The van der Waals surface area contributed by atoms with Gasteiger partial charge in [-0.1, -0.05) is 18.0 Å². The Morgan fingerprint density at radius 3 is 2.38 bits per heavy atom. The number of carbonyl (C=O) groups is 1. The lowest BCUT2D eigenvalue weighted by atomic mass is 9.96. The van der Waals surface area contributed by atoms with Crippen LogP contribution in [-0.2, 0) is 15.6 Å². The molecule has 1 amide bonds. The van der Waals surface area contributed by atoms with Crippen LogP contribution in [-0.4, -0.2) is 24.5 Å². The predicted molar refractivity (Wildman–Crippen MR) is 115 cm³/mol. The molecule has 1 saturated carbocycles. The molecule has 0 aliphatic heterocycles. The minimum atomic E-state index is -3.89. The van der Waals surface area contributed by atoms with Gasteiger partial charge in [-0.05, 0) is 67.8 Å². The Bertz CT molecular complexity index is 1250. The van der Waals surface area contributed by atoms with Crippen LogP contribution < -0.4 is 10.0 Å². The van der Waals surface area contributed by atoms with Crippen LogP contribution in [0, 0.1) is 19.7 Å². The lowest BCUT2D eigenvalue weighted by Gasteiger charge is -2.26. The van der Waals surface area contributed by atoms with Crippen LogP contribution in [0.4, 0.5) is 10.1 Å². The van der Waals surface area contributed by atoms with E-state index in [-0.39, 0.29) is 22.1 Å². The first kappa shape index (κ1) is 21.9. The van der Waals surface area contributed by atoms with Crippen LogP contribution in [0.25, 0.3) is 0 Å². The fourth-order valence-corrected chi connectivity index (χ4v) is 5.00. The number of aryl methyl sites for hydroxylation is 2. The number of nitrogens with zero attached hydrogens (tertiary/aromatic N) is 2. The quantitative estimate of drug-likeness (QED) is 0.580. The van der Waals surface area contributed by atoms with Gasteiger partial charge in [0.05, 0.1) is 4.90 Å². The third kappa shape index (κ3) is 4.36. The first-order valence-electron chi connectivity index (χ1n) is 10.2. The molecule has 32 heavy (non-hydrogen) atoms. The Kier molecular flexibility index (Phi) is 5.72. The minimum absolute atomic E-state index is 0.0446. The standard InChI is InChI=1S/C22H23FN4O4S/c1-14-13-18(9-10-19(14)23)32(29,30)27-17-7-5-16(6-8-17)20(28)25-22(11-3-4-12-22)21-24-15(2)31-26-21/h5-10,13,27H,3-4,11-12H2,1-2H3,(H,25,28). The second-order valence-corrected chi connectivity index (χ2v) is 9.66. The van der Waals surface area contributed by atoms with Crippen LogP contribution in [0.15, 0.2) is 51.9 Å². The summed E-state index contributed by atoms with van der Waals surface area (Å²) in [4.78, 5) is 17.2. The zero-order chi connectivity index (χ0) is 22.9. The zero-order valence-electron chi connectivity index (χ0n) is 17.7. The number of aromatic nitrogens is 2. The van der Waals surface area contributed by atoms with Crippen LogP contribution >= 0.6 is 0 Å². The number of rotatable bonds is 6. The van der Waals surface area contributed by atoms with Crippen LogP contribution in [0.1, 0.15) is 53.3 Å². The van der Waals surface area contributed by atoms with Gasteiger partial charge in [0.2, 0.25) is 5.89 Å². The van der Waals surface area contributed by atoms with E-state index < -0.39 is 21.4 Å². The van der Waals surface area contributed by atoms with Crippen LogP contribution in [0.5, 0.6) is 0 Å². The molecule has 3 aromatic rings. The van der Waals surface area contributed by atoms with E-state index in [0.29, 0.717) is 30.1 Å². The highest BCUT2D eigenvalue weighted by Gasteiger charge is 2.41. The van der Waals surface area contributed by atoms with Gasteiger partial charge in [-0.15, -0.1) is 0 Å². The summed E-state index contributed by atoms with van der Waals surface area (Å²) < 4.78 is 46.2. The van der Waals surface area contributed by atoms with Crippen molar-refractivity contribution in [3.8, 4) is 0 Å². The lowest BCUT2D eigenvalue weighted by Crippen LogP contribution is -2.44. The Labute approximate surface area is 185 Å². The topological polar surface area (TPSA) is 114 Å². The van der Waals surface area contributed by atoms with Crippen molar-refractivity contribution in [3.05, 3.63) is 71.1 Å². The first-order chi connectivity index (χ1) is 15.2. The molecular weight excluding hydrogens is 435 g/mol. The number of sulfonamides is 1. The van der Waals surface area contributed by atoms with E-state index >= 15 is 0 Å². The van der Waals surface area contributed by atoms with E-state index in [1.807, 2.05) is 0 Å². The third-order valence-electron chi connectivity index (χ3n) is 5.60. The van der Waals surface area contributed by atoms with Gasteiger partial charge in [-0.2, -0.15) is 4.98 Å². The van der Waals surface area contributed by atoms with E-state index in [0.717, 1.165) is 18.9 Å². The molecule has 0 bridgehead atoms. The summed E-state index contributed by atoms with van der Waals surface area (Å²) in [5.41, 5.74) is 0.220. The molecular formula is C22H23FN4O4S. The van der Waals surface area contributed by atoms with Gasteiger partial charge in [0.1, 0.15) is 11.4 Å². The van der Waals surface area contributed by atoms with E-state index in [1.165, 1.54) is 43.3 Å². The van der Waals surface area contributed by atoms with Gasteiger partial charge >= 0.3 is 0 Å². The Morgan fingerprint density at radius 1 is 1.09 bits per heavy atom. The summed E-state index contributed by atoms with van der Waals surface area (Å²) in [6.07, 6.45) is 3.31. The number of anilines is 1. The van der Waals surface area contributed by atoms with Crippen molar-refractivity contribution in [1.82, 2.24) is 15.5 Å². The molecule has 10 heteroatoms. The Morgan fingerprint density at radius 2 is 1.78 bits per heavy atom. The molecule has 2 N–H and O–H groups in total. The number of halogens is 1. The van der Waals surface area contributed by atoms with Crippen LogP contribution in [0.3, 0.4) is 0 Å². The van der Waals surface area contributed by atoms with E-state index in [4.69, 9.17) is 4.52 Å². The Balaban J connectivity index is 1.49. The van der Waals surface area contributed by atoms with Crippen molar-refractivity contribution < 1.29 is 22.1 Å². The summed E-state index contributed by atoms with van der Waals surface area (Å²) in [5.74, 6) is 0.126. The summed E-state index contributed by atoms with van der Waals surface area (Å²) in [6, 6.07) is 9.65. The zero-order valence-corrected chi connectivity index (χ0v) is 18.5. The SMILES string of the molecule is Cc1nc(C2(NC(=O)c3ccc(NS(=O)(=O)c4ccc(F)c(C)c4)cc3)CCCC2)no1. The third-order valence-corrected chi connectivity index (χ3v) is 6.98. The van der Waals surface area contributed by atoms with Crippen molar-refractivity contribution in [1.29, 1.82) is 0 Å². The van der Waals surface area contributed by atoms with Crippen molar-refractivity contribution in [2.75, 3.05) is 4.72 Å². The molecule has 168 valence electrons. The Hall–Kier alpha value is -3.27. The number of hydrogen-bond acceptors (Lipinski definition) is 6. The second-order valence-electron chi connectivity index (χ2n) is 7.97. The van der Waals surface area contributed by atoms with Gasteiger partial charge in [-0.3, -0.25) is 9.52 Å². The molecule has 4 rings (SSSR count). The minimum Gasteiger partial charge on any atom is -0.340 e. The molecule has 1 heterocycles. The number of nitrogens with one attached hydrogen (secondary N) is 2. The highest BCUT2D eigenvalue weighted by Crippen LogP contribution is 2.37. The van der Waals surface area contributed by atoms with Crippen molar-refractivity contribution in [2.24, 2.45) is 0 Å². The average molecular weight is 459 g/mol. The summed E-state index contributed by atoms with van der Waals surface area (Å²) >= 11 is 0. The molecule has 0 unspecified atom stereocenters. The number of benzene rings is 2. The molecule has 8 nitrogen and oxygen atoms in total. The monoisotopic (exact) mass is 458 g/mol. The van der Waals surface area contributed by atoms with E-state index in [1.54, 1.807) is 6.92 Å². The number of hydrogen-bond donors (Lipinski definition) is 2. The largest absolute Gasteiger partial charge is 0.340 e. The van der Waals surface area contributed by atoms with Gasteiger partial charge in [0.25, 0.3) is 15.9 Å². The van der Waals surface area contributed by atoms with Gasteiger partial charge in [0, 0.05) is 18.2 Å². The van der Waals surface area contributed by atoms with Crippen molar-refractivity contribution >= 4 is 21.6 Å². The molecule has 1 fully saturated rings. The maximum atomic E-state index is 13.4. The molecule has 0 atom stereocenters. The van der Waals surface area contributed by atoms with Gasteiger partial charge in [-0.25, -0.2) is 12.8 Å². The van der Waals surface area contributed by atoms with Crippen molar-refractivity contribution in [2.45, 2.75) is 50.0 Å². The first-order valence-corrected chi connectivity index (χ1v) is 11.7.